The van der Waals surface area contributed by atoms with Crippen LogP contribution < -0.4 is 5.32 Å². The first kappa shape index (κ1) is 42.2. The van der Waals surface area contributed by atoms with Crippen molar-refractivity contribution in [2.45, 2.75) is 164 Å². The van der Waals surface area contributed by atoms with Crippen molar-refractivity contribution in [1.29, 1.82) is 0 Å². The molecule has 0 bridgehead atoms. The van der Waals surface area contributed by atoms with Gasteiger partial charge in [-0.05, 0) is 59.7 Å². The summed E-state index contributed by atoms with van der Waals surface area (Å²) in [6.07, 6.45) is 11.6. The van der Waals surface area contributed by atoms with E-state index in [2.05, 4.69) is 53.8 Å². The van der Waals surface area contributed by atoms with E-state index in [9.17, 15) is 28.8 Å². The van der Waals surface area contributed by atoms with Crippen molar-refractivity contribution < 1.29 is 28.8 Å². The standard InChI is InChI=1S/C43H71N3O6/c1-9-21-44-39(51)38(50)29-18-16-14-12-10-11-13-15-17-19-30(40(52)46-28-33-36(43(33,7)8)37(46)34(48)24-29)23-32(47)25-31(41(2,3)4)27-45-22-20-42(5,6)26-35(45)49/h29-31,33,36-37H,9-28H2,1-8H3,(H,44,51)/t29-,30-,31-,33+,36+,37-/m1/s1. The Labute approximate surface area is 314 Å². The van der Waals surface area contributed by atoms with Crippen LogP contribution in [0.2, 0.25) is 0 Å². The Morgan fingerprint density at radius 2 is 1.52 bits per heavy atom. The van der Waals surface area contributed by atoms with E-state index >= 15 is 0 Å². The first-order chi connectivity index (χ1) is 24.4. The van der Waals surface area contributed by atoms with E-state index in [1.54, 1.807) is 4.90 Å². The van der Waals surface area contributed by atoms with Crippen LogP contribution in [0.3, 0.4) is 0 Å². The molecule has 9 heteroatoms. The largest absolute Gasteiger partial charge is 0.350 e. The molecule has 9 nitrogen and oxygen atoms in total. The fraction of sp³-hybridized carbons (Fsp3) is 0.860. The highest BCUT2D eigenvalue weighted by Gasteiger charge is 2.69. The third-order valence-corrected chi connectivity index (χ3v) is 13.3. The lowest BCUT2D eigenvalue weighted by Crippen LogP contribution is -2.49. The van der Waals surface area contributed by atoms with Crippen molar-refractivity contribution >= 4 is 35.1 Å². The molecule has 1 N–H and O–H groups in total. The van der Waals surface area contributed by atoms with E-state index in [4.69, 9.17) is 0 Å². The summed E-state index contributed by atoms with van der Waals surface area (Å²) in [5.41, 5.74) is -0.290. The van der Waals surface area contributed by atoms with Gasteiger partial charge in [-0.15, -0.1) is 0 Å². The third-order valence-electron chi connectivity index (χ3n) is 13.3. The number of Topliss-reactive ketones (excluding diaryl/α,β-unsaturated/α-hetero) is 3. The zero-order chi connectivity index (χ0) is 38.4. The SMILES string of the molecule is CCCNC(=O)C(=O)[C@@H]1CCCCCCCCCC[C@H](CC(=O)C[C@H](CN2CCC(C)(C)CC2=O)C(C)(C)C)C(=O)N2C[C@H]3[C@@H]([C@H]2C(=O)C1)C3(C)C. The fourth-order valence-electron chi connectivity index (χ4n) is 9.38. The van der Waals surface area contributed by atoms with Crippen molar-refractivity contribution in [3.63, 3.8) is 0 Å². The molecule has 4 aliphatic rings. The molecule has 3 amide bonds. The van der Waals surface area contributed by atoms with Gasteiger partial charge in [0.05, 0.1) is 6.04 Å². The van der Waals surface area contributed by atoms with Gasteiger partial charge < -0.3 is 15.1 Å². The number of amides is 3. The van der Waals surface area contributed by atoms with Crippen molar-refractivity contribution in [1.82, 2.24) is 15.1 Å². The lowest BCUT2D eigenvalue weighted by atomic mass is 9.75. The maximum atomic E-state index is 14.6. The minimum Gasteiger partial charge on any atom is -0.350 e. The molecule has 0 unspecified atom stereocenters. The molecule has 1 aliphatic carbocycles. The Kier molecular flexibility index (Phi) is 14.4. The summed E-state index contributed by atoms with van der Waals surface area (Å²) in [6.45, 7) is 19.0. The number of nitrogens with zero attached hydrogens (tertiary/aromatic N) is 2. The van der Waals surface area contributed by atoms with Gasteiger partial charge in [0, 0.05) is 63.7 Å². The van der Waals surface area contributed by atoms with Crippen LogP contribution in [0.5, 0.6) is 0 Å². The van der Waals surface area contributed by atoms with E-state index in [1.165, 1.54) is 0 Å². The number of piperidine rings is 2. The average molecular weight is 726 g/mol. The van der Waals surface area contributed by atoms with Gasteiger partial charge >= 0.3 is 0 Å². The summed E-state index contributed by atoms with van der Waals surface area (Å²) in [4.78, 5) is 86.0. The molecule has 6 atom stereocenters. The van der Waals surface area contributed by atoms with Crippen molar-refractivity contribution in [2.24, 2.45) is 45.8 Å². The van der Waals surface area contributed by atoms with Gasteiger partial charge in [-0.25, -0.2) is 0 Å². The van der Waals surface area contributed by atoms with Gasteiger partial charge in [-0.1, -0.05) is 107 Å². The maximum absolute atomic E-state index is 14.6. The van der Waals surface area contributed by atoms with Gasteiger partial charge in [-0.2, -0.15) is 0 Å². The number of ketones is 3. The Morgan fingerprint density at radius 3 is 2.12 bits per heavy atom. The number of hydrogen-bond donors (Lipinski definition) is 1. The molecule has 0 aromatic rings. The summed E-state index contributed by atoms with van der Waals surface area (Å²) >= 11 is 0. The normalized spacial score (nSPS) is 29.5. The molecule has 3 aliphatic heterocycles. The molecule has 0 radical (unpaired) electrons. The smallest absolute Gasteiger partial charge is 0.287 e. The number of carbonyl (C=O) groups is 6. The lowest BCUT2D eigenvalue weighted by molar-refractivity contribution is -0.146. The van der Waals surface area contributed by atoms with Crippen molar-refractivity contribution in [3.05, 3.63) is 0 Å². The van der Waals surface area contributed by atoms with Gasteiger partial charge in [0.1, 0.15) is 5.78 Å². The molecule has 294 valence electrons. The van der Waals surface area contributed by atoms with Gasteiger partial charge in [0.15, 0.2) is 5.78 Å². The highest BCUT2D eigenvalue weighted by Crippen LogP contribution is 2.65. The second-order valence-corrected chi connectivity index (χ2v) is 19.4. The topological polar surface area (TPSA) is 121 Å². The van der Waals surface area contributed by atoms with Gasteiger partial charge in [0.25, 0.3) is 5.91 Å². The number of likely N-dealkylation sites (tertiary alicyclic amines) is 1. The predicted octanol–water partition coefficient (Wildman–Crippen LogP) is 7.33. The van der Waals surface area contributed by atoms with Gasteiger partial charge in [-0.3, -0.25) is 28.8 Å². The Balaban J connectivity index is 1.54. The number of rotatable bonds is 10. The molecular formula is C43H71N3O6. The third kappa shape index (κ3) is 10.8. The number of hydrogen-bond acceptors (Lipinski definition) is 6. The van der Waals surface area contributed by atoms with Crippen LogP contribution in [0.4, 0.5) is 0 Å². The molecular weight excluding hydrogens is 654 g/mol. The first-order valence-electron chi connectivity index (χ1n) is 20.8. The number of nitrogens with one attached hydrogen (secondary N) is 1. The molecule has 4 rings (SSSR count). The summed E-state index contributed by atoms with van der Waals surface area (Å²) in [5.74, 6) is -2.18. The Hall–Kier alpha value is -2.58. The van der Waals surface area contributed by atoms with E-state index in [0.717, 1.165) is 64.2 Å². The molecule has 0 aromatic heterocycles. The fourth-order valence-corrected chi connectivity index (χ4v) is 9.38. The summed E-state index contributed by atoms with van der Waals surface area (Å²) in [7, 11) is 0. The average Bonchev–Trinajstić information content (AvgIpc) is 3.36. The molecule has 1 saturated carbocycles. The molecule has 0 spiro atoms. The second kappa shape index (κ2) is 17.7. The van der Waals surface area contributed by atoms with Crippen LogP contribution >= 0.6 is 0 Å². The highest BCUT2D eigenvalue weighted by atomic mass is 16.2. The molecule has 3 saturated heterocycles. The minimum absolute atomic E-state index is 0.00522. The molecule has 52 heavy (non-hydrogen) atoms. The summed E-state index contributed by atoms with van der Waals surface area (Å²) in [6, 6.07) is -0.633. The monoisotopic (exact) mass is 726 g/mol. The van der Waals surface area contributed by atoms with Crippen LogP contribution in [-0.4, -0.2) is 77.1 Å². The predicted molar refractivity (Wildman–Crippen MR) is 204 cm³/mol. The maximum Gasteiger partial charge on any atom is 0.287 e. The molecule has 0 aromatic carbocycles. The highest BCUT2D eigenvalue weighted by molar-refractivity contribution is 6.37. The van der Waals surface area contributed by atoms with E-state index in [1.807, 2.05) is 11.8 Å². The summed E-state index contributed by atoms with van der Waals surface area (Å²) < 4.78 is 0. The first-order valence-corrected chi connectivity index (χ1v) is 20.8. The second-order valence-electron chi connectivity index (χ2n) is 19.4. The van der Waals surface area contributed by atoms with Crippen LogP contribution in [0.15, 0.2) is 0 Å². The Bertz CT molecular complexity index is 1310. The van der Waals surface area contributed by atoms with Crippen LogP contribution in [-0.2, 0) is 28.8 Å². The summed E-state index contributed by atoms with van der Waals surface area (Å²) in [5, 5.41) is 2.71. The van der Waals surface area contributed by atoms with Crippen molar-refractivity contribution in [3.8, 4) is 0 Å². The zero-order valence-corrected chi connectivity index (χ0v) is 34.0. The number of carbonyl (C=O) groups excluding carboxylic acids is 6. The van der Waals surface area contributed by atoms with Gasteiger partial charge in [0.2, 0.25) is 17.6 Å². The van der Waals surface area contributed by atoms with Crippen LogP contribution in [0.1, 0.15) is 158 Å². The molecule has 3 heterocycles. The van der Waals surface area contributed by atoms with E-state index < -0.39 is 29.6 Å². The lowest BCUT2D eigenvalue weighted by Gasteiger charge is -2.41. The van der Waals surface area contributed by atoms with E-state index in [0.29, 0.717) is 51.9 Å². The number of fused-ring (bicyclic) bond motifs is 3. The zero-order valence-electron chi connectivity index (χ0n) is 34.0. The van der Waals surface area contributed by atoms with E-state index in [-0.39, 0.29) is 70.2 Å². The molecule has 4 fully saturated rings. The van der Waals surface area contributed by atoms with Crippen LogP contribution in [0.25, 0.3) is 0 Å². The van der Waals surface area contributed by atoms with Crippen molar-refractivity contribution in [2.75, 3.05) is 26.2 Å². The Morgan fingerprint density at radius 1 is 0.904 bits per heavy atom. The van der Waals surface area contributed by atoms with Crippen LogP contribution in [0, 0.1) is 45.8 Å². The minimum atomic E-state index is -0.692. The quantitative estimate of drug-likeness (QED) is 0.236.